The van der Waals surface area contributed by atoms with Crippen molar-refractivity contribution in [2.45, 2.75) is 38.1 Å². The average Bonchev–Trinajstić information content (AvgIpc) is 2.33. The molecule has 0 unspecified atom stereocenters. The van der Waals surface area contributed by atoms with Crippen LogP contribution in [0, 0.1) is 5.92 Å². The molecule has 2 rings (SSSR count). The van der Waals surface area contributed by atoms with Crippen molar-refractivity contribution in [3.8, 4) is 0 Å². The summed E-state index contributed by atoms with van der Waals surface area (Å²) in [7, 11) is 0. The van der Waals surface area contributed by atoms with Gasteiger partial charge in [0.05, 0.1) is 12.1 Å². The summed E-state index contributed by atoms with van der Waals surface area (Å²) in [6, 6.07) is 1.70. The lowest BCUT2D eigenvalue weighted by Crippen LogP contribution is -2.45. The molecule has 0 spiro atoms. The zero-order chi connectivity index (χ0) is 12.3. The van der Waals surface area contributed by atoms with E-state index in [-0.39, 0.29) is 12.1 Å². The summed E-state index contributed by atoms with van der Waals surface area (Å²) in [6.45, 7) is 2.38. The second kappa shape index (κ2) is 4.87. The molecule has 1 aromatic rings. The molecule has 1 aliphatic carbocycles. The molecule has 1 fully saturated rings. The number of hydrogen-bond acceptors (Lipinski definition) is 5. The summed E-state index contributed by atoms with van der Waals surface area (Å²) in [6.07, 6.45) is 5.64. The molecular weight excluding hydrogens is 216 g/mol. The predicted octanol–water partition coefficient (Wildman–Crippen LogP) is 1.41. The number of rotatable bonds is 3. The molecule has 0 atom stereocenters. The highest BCUT2D eigenvalue weighted by molar-refractivity contribution is 5.45. The van der Waals surface area contributed by atoms with Gasteiger partial charge in [-0.1, -0.05) is 6.92 Å². The average molecular weight is 236 g/mol. The molecule has 0 aliphatic heterocycles. The maximum absolute atomic E-state index is 9.62. The molecule has 0 amide bonds. The van der Waals surface area contributed by atoms with Crippen LogP contribution in [0.4, 0.5) is 11.6 Å². The van der Waals surface area contributed by atoms with Gasteiger partial charge in [0, 0.05) is 6.07 Å². The number of nitrogen functional groups attached to an aromatic ring is 1. The standard InChI is InChI=1S/C12H20N4O/c1-9-2-4-12(7-17,5-3-9)16-11-6-10(13)14-8-15-11/h6,8-9,17H,2-5,7H2,1H3,(H3,13,14,15,16). The fraction of sp³-hybridized carbons (Fsp3) is 0.667. The first-order valence-corrected chi connectivity index (χ1v) is 6.10. The van der Waals surface area contributed by atoms with Gasteiger partial charge in [-0.2, -0.15) is 0 Å². The summed E-state index contributed by atoms with van der Waals surface area (Å²) in [4.78, 5) is 7.99. The second-order valence-electron chi connectivity index (χ2n) is 5.07. The Morgan fingerprint density at radius 1 is 1.47 bits per heavy atom. The van der Waals surface area contributed by atoms with Crippen molar-refractivity contribution in [3.63, 3.8) is 0 Å². The number of nitrogens with one attached hydrogen (secondary N) is 1. The van der Waals surface area contributed by atoms with E-state index in [1.54, 1.807) is 6.07 Å². The molecule has 1 saturated carbocycles. The third-order valence-electron chi connectivity index (χ3n) is 3.62. The van der Waals surface area contributed by atoms with Crippen LogP contribution in [0.5, 0.6) is 0 Å². The number of hydrogen-bond donors (Lipinski definition) is 3. The number of aliphatic hydroxyl groups excluding tert-OH is 1. The van der Waals surface area contributed by atoms with E-state index < -0.39 is 0 Å². The van der Waals surface area contributed by atoms with E-state index in [2.05, 4.69) is 22.2 Å². The van der Waals surface area contributed by atoms with E-state index in [1.165, 1.54) is 6.33 Å². The predicted molar refractivity (Wildman–Crippen MR) is 67.5 cm³/mol. The van der Waals surface area contributed by atoms with Crippen LogP contribution in [-0.2, 0) is 0 Å². The SMILES string of the molecule is CC1CCC(CO)(Nc2cc(N)ncn2)CC1. The lowest BCUT2D eigenvalue weighted by Gasteiger charge is -2.39. The molecule has 17 heavy (non-hydrogen) atoms. The Bertz CT molecular complexity index is 375. The molecule has 4 N–H and O–H groups in total. The highest BCUT2D eigenvalue weighted by atomic mass is 16.3. The van der Waals surface area contributed by atoms with Crippen LogP contribution in [0.1, 0.15) is 32.6 Å². The van der Waals surface area contributed by atoms with Gasteiger partial charge in [0.2, 0.25) is 0 Å². The van der Waals surface area contributed by atoms with Crippen LogP contribution in [-0.4, -0.2) is 27.2 Å². The van der Waals surface area contributed by atoms with Crippen molar-refractivity contribution in [3.05, 3.63) is 12.4 Å². The summed E-state index contributed by atoms with van der Waals surface area (Å²) in [5.41, 5.74) is 5.37. The number of nitrogens with two attached hydrogens (primary N) is 1. The maximum atomic E-state index is 9.62. The van der Waals surface area contributed by atoms with Gasteiger partial charge in [-0.3, -0.25) is 0 Å². The largest absolute Gasteiger partial charge is 0.394 e. The number of aromatic nitrogens is 2. The van der Waals surface area contributed by atoms with Crippen LogP contribution >= 0.6 is 0 Å². The van der Waals surface area contributed by atoms with Crippen molar-refractivity contribution < 1.29 is 5.11 Å². The number of nitrogens with zero attached hydrogens (tertiary/aromatic N) is 2. The first-order valence-electron chi connectivity index (χ1n) is 6.10. The van der Waals surface area contributed by atoms with Gasteiger partial charge < -0.3 is 16.2 Å². The van der Waals surface area contributed by atoms with E-state index >= 15 is 0 Å². The highest BCUT2D eigenvalue weighted by Crippen LogP contribution is 2.33. The lowest BCUT2D eigenvalue weighted by atomic mass is 9.77. The smallest absolute Gasteiger partial charge is 0.131 e. The minimum absolute atomic E-state index is 0.129. The van der Waals surface area contributed by atoms with E-state index in [0.717, 1.165) is 31.6 Å². The molecule has 1 heterocycles. The first kappa shape index (κ1) is 12.1. The Labute approximate surface area is 101 Å². The summed E-state index contributed by atoms with van der Waals surface area (Å²) >= 11 is 0. The highest BCUT2D eigenvalue weighted by Gasteiger charge is 2.33. The Kier molecular flexibility index (Phi) is 3.47. The van der Waals surface area contributed by atoms with Gasteiger partial charge in [-0.25, -0.2) is 9.97 Å². The van der Waals surface area contributed by atoms with Gasteiger partial charge in [0.15, 0.2) is 0 Å². The van der Waals surface area contributed by atoms with E-state index in [1.807, 2.05) is 0 Å². The van der Waals surface area contributed by atoms with Crippen LogP contribution in [0.25, 0.3) is 0 Å². The Morgan fingerprint density at radius 2 is 2.18 bits per heavy atom. The minimum atomic E-state index is -0.243. The normalized spacial score (nSPS) is 28.9. The van der Waals surface area contributed by atoms with Gasteiger partial charge in [-0.05, 0) is 31.6 Å². The van der Waals surface area contributed by atoms with Crippen molar-refractivity contribution in [1.29, 1.82) is 0 Å². The monoisotopic (exact) mass is 236 g/mol. The molecule has 5 heteroatoms. The minimum Gasteiger partial charge on any atom is -0.394 e. The summed E-state index contributed by atoms with van der Waals surface area (Å²) in [5.74, 6) is 1.88. The molecule has 1 aliphatic rings. The number of anilines is 2. The van der Waals surface area contributed by atoms with E-state index in [9.17, 15) is 5.11 Å². The third kappa shape index (κ3) is 2.85. The quantitative estimate of drug-likeness (QED) is 0.739. The zero-order valence-electron chi connectivity index (χ0n) is 10.2. The molecule has 5 nitrogen and oxygen atoms in total. The molecule has 0 saturated heterocycles. The molecule has 0 radical (unpaired) electrons. The van der Waals surface area contributed by atoms with Gasteiger partial charge in [-0.15, -0.1) is 0 Å². The lowest BCUT2D eigenvalue weighted by molar-refractivity contribution is 0.155. The number of aliphatic hydroxyl groups is 1. The summed E-state index contributed by atoms with van der Waals surface area (Å²) < 4.78 is 0. The third-order valence-corrected chi connectivity index (χ3v) is 3.62. The Morgan fingerprint density at radius 3 is 2.76 bits per heavy atom. The van der Waals surface area contributed by atoms with Crippen molar-refractivity contribution in [1.82, 2.24) is 9.97 Å². The van der Waals surface area contributed by atoms with Gasteiger partial charge in [0.25, 0.3) is 0 Å². The molecular formula is C12H20N4O. The van der Waals surface area contributed by atoms with Crippen LogP contribution in [0.2, 0.25) is 0 Å². The van der Waals surface area contributed by atoms with Crippen molar-refractivity contribution >= 4 is 11.6 Å². The van der Waals surface area contributed by atoms with Crippen molar-refractivity contribution in [2.24, 2.45) is 5.92 Å². The fourth-order valence-electron chi connectivity index (χ4n) is 2.35. The Hall–Kier alpha value is -1.36. The molecule has 0 aromatic carbocycles. The van der Waals surface area contributed by atoms with Gasteiger partial charge in [0.1, 0.15) is 18.0 Å². The molecule has 0 bridgehead atoms. The van der Waals surface area contributed by atoms with Crippen molar-refractivity contribution in [2.75, 3.05) is 17.7 Å². The molecule has 1 aromatic heterocycles. The van der Waals surface area contributed by atoms with Crippen LogP contribution in [0.3, 0.4) is 0 Å². The van der Waals surface area contributed by atoms with Crippen LogP contribution in [0.15, 0.2) is 12.4 Å². The molecule has 94 valence electrons. The summed E-state index contributed by atoms with van der Waals surface area (Å²) in [5, 5.41) is 12.9. The second-order valence-corrected chi connectivity index (χ2v) is 5.07. The topological polar surface area (TPSA) is 84.1 Å². The van der Waals surface area contributed by atoms with E-state index in [4.69, 9.17) is 5.73 Å². The fourth-order valence-corrected chi connectivity index (χ4v) is 2.35. The first-order chi connectivity index (χ1) is 8.13. The van der Waals surface area contributed by atoms with Crippen LogP contribution < -0.4 is 11.1 Å². The van der Waals surface area contributed by atoms with Gasteiger partial charge >= 0.3 is 0 Å². The van der Waals surface area contributed by atoms with E-state index in [0.29, 0.717) is 11.6 Å². The maximum Gasteiger partial charge on any atom is 0.131 e. The zero-order valence-corrected chi connectivity index (χ0v) is 10.2. The Balaban J connectivity index is 2.09.